The van der Waals surface area contributed by atoms with Crippen molar-refractivity contribution in [2.45, 2.75) is 33.1 Å². The lowest BCUT2D eigenvalue weighted by atomic mass is 9.88. The molecule has 6 heteroatoms. The van der Waals surface area contributed by atoms with Crippen molar-refractivity contribution in [1.29, 1.82) is 0 Å². The van der Waals surface area contributed by atoms with E-state index in [4.69, 9.17) is 4.98 Å². The van der Waals surface area contributed by atoms with Gasteiger partial charge >= 0.3 is 0 Å². The summed E-state index contributed by atoms with van der Waals surface area (Å²) in [5.41, 5.74) is 2.78. The van der Waals surface area contributed by atoms with Crippen LogP contribution in [-0.2, 0) is 12.8 Å². The molecule has 27 heavy (non-hydrogen) atoms. The van der Waals surface area contributed by atoms with Crippen LogP contribution < -0.4 is 9.80 Å². The average Bonchev–Trinajstić information content (AvgIpc) is 3.06. The van der Waals surface area contributed by atoms with Gasteiger partial charge in [-0.25, -0.2) is 15.0 Å². The standard InChI is InChI=1S/C21H25N5S/c1-14-3-4-17-16(11-14)19-20(23-13-24-21(19)27-17)26-9-7-25(8-10-26)18-12-15(2)5-6-22-18/h5-6,12-14H,3-4,7-11H2,1-2H3. The summed E-state index contributed by atoms with van der Waals surface area (Å²) < 4.78 is 0. The van der Waals surface area contributed by atoms with Crippen molar-refractivity contribution in [2.24, 2.45) is 5.92 Å². The molecular formula is C21H25N5S. The number of hydrogen-bond donors (Lipinski definition) is 0. The predicted molar refractivity (Wildman–Crippen MR) is 112 cm³/mol. The number of fused-ring (bicyclic) bond motifs is 3. The lowest BCUT2D eigenvalue weighted by Gasteiger charge is -2.36. The van der Waals surface area contributed by atoms with E-state index < -0.39 is 0 Å². The molecule has 3 aromatic heterocycles. The first-order chi connectivity index (χ1) is 13.2. The molecule has 1 aliphatic heterocycles. The minimum atomic E-state index is 0.757. The first-order valence-electron chi connectivity index (χ1n) is 9.87. The highest BCUT2D eigenvalue weighted by molar-refractivity contribution is 7.19. The molecule has 2 aliphatic rings. The van der Waals surface area contributed by atoms with E-state index in [2.05, 4.69) is 45.7 Å². The molecule has 0 spiro atoms. The fourth-order valence-electron chi connectivity index (χ4n) is 4.35. The molecule has 0 N–H and O–H groups in total. The number of nitrogens with zero attached hydrogens (tertiary/aromatic N) is 5. The zero-order valence-corrected chi connectivity index (χ0v) is 16.8. The van der Waals surface area contributed by atoms with Gasteiger partial charge < -0.3 is 9.80 Å². The highest BCUT2D eigenvalue weighted by Gasteiger charge is 2.26. The Bertz CT molecular complexity index is 974. The second-order valence-electron chi connectivity index (χ2n) is 7.89. The maximum absolute atomic E-state index is 4.74. The van der Waals surface area contributed by atoms with E-state index in [1.54, 1.807) is 6.33 Å². The fourth-order valence-corrected chi connectivity index (χ4v) is 5.52. The molecule has 1 unspecified atom stereocenters. The number of hydrogen-bond acceptors (Lipinski definition) is 6. The largest absolute Gasteiger partial charge is 0.353 e. The van der Waals surface area contributed by atoms with Gasteiger partial charge in [-0.15, -0.1) is 11.3 Å². The molecule has 0 saturated carbocycles. The third-order valence-electron chi connectivity index (χ3n) is 5.87. The Morgan fingerprint density at radius 3 is 2.70 bits per heavy atom. The topological polar surface area (TPSA) is 45.2 Å². The van der Waals surface area contributed by atoms with Gasteiger partial charge in [0.2, 0.25) is 0 Å². The first kappa shape index (κ1) is 16.9. The zero-order chi connectivity index (χ0) is 18.4. The van der Waals surface area contributed by atoms with Gasteiger partial charge in [0.1, 0.15) is 22.8 Å². The molecule has 1 saturated heterocycles. The Balaban J connectivity index is 1.43. The van der Waals surface area contributed by atoms with Gasteiger partial charge in [0.05, 0.1) is 5.39 Å². The van der Waals surface area contributed by atoms with E-state index in [1.807, 2.05) is 17.5 Å². The Hall–Kier alpha value is -2.21. The normalized spacial score (nSPS) is 20.1. The van der Waals surface area contributed by atoms with Crippen molar-refractivity contribution in [3.05, 3.63) is 40.7 Å². The molecule has 0 radical (unpaired) electrons. The van der Waals surface area contributed by atoms with Crippen molar-refractivity contribution in [2.75, 3.05) is 36.0 Å². The summed E-state index contributed by atoms with van der Waals surface area (Å²) in [7, 11) is 0. The molecule has 5 nitrogen and oxygen atoms in total. The Morgan fingerprint density at radius 1 is 1.07 bits per heavy atom. The van der Waals surface area contributed by atoms with Crippen molar-refractivity contribution in [1.82, 2.24) is 15.0 Å². The number of pyridine rings is 1. The van der Waals surface area contributed by atoms with Crippen LogP contribution in [0.1, 0.15) is 29.3 Å². The number of anilines is 2. The molecule has 0 aromatic carbocycles. The summed E-state index contributed by atoms with van der Waals surface area (Å²) in [5.74, 6) is 2.99. The summed E-state index contributed by atoms with van der Waals surface area (Å²) in [6.07, 6.45) is 7.32. The van der Waals surface area contributed by atoms with Gasteiger partial charge in [-0.2, -0.15) is 0 Å². The van der Waals surface area contributed by atoms with E-state index in [9.17, 15) is 0 Å². The van der Waals surface area contributed by atoms with Crippen LogP contribution in [0.15, 0.2) is 24.7 Å². The van der Waals surface area contributed by atoms with Crippen molar-refractivity contribution < 1.29 is 0 Å². The van der Waals surface area contributed by atoms with Gasteiger partial charge in [-0.05, 0) is 55.4 Å². The van der Waals surface area contributed by atoms with E-state index in [1.165, 1.54) is 45.5 Å². The summed E-state index contributed by atoms with van der Waals surface area (Å²) in [4.78, 5) is 21.4. The maximum atomic E-state index is 4.74. The second-order valence-corrected chi connectivity index (χ2v) is 8.98. The van der Waals surface area contributed by atoms with Crippen molar-refractivity contribution >= 4 is 33.2 Å². The summed E-state index contributed by atoms with van der Waals surface area (Å²) >= 11 is 1.88. The van der Waals surface area contributed by atoms with E-state index in [-0.39, 0.29) is 0 Å². The van der Waals surface area contributed by atoms with Crippen molar-refractivity contribution in [3.63, 3.8) is 0 Å². The van der Waals surface area contributed by atoms with E-state index in [0.717, 1.165) is 43.7 Å². The lowest BCUT2D eigenvalue weighted by Crippen LogP contribution is -2.47. The van der Waals surface area contributed by atoms with Gasteiger partial charge in [-0.1, -0.05) is 6.92 Å². The predicted octanol–water partition coefficient (Wildman–Crippen LogP) is 3.85. The van der Waals surface area contributed by atoms with Gasteiger partial charge in [0.25, 0.3) is 0 Å². The molecule has 1 fully saturated rings. The number of thiophene rings is 1. The average molecular weight is 380 g/mol. The smallest absolute Gasteiger partial charge is 0.141 e. The first-order valence-corrected chi connectivity index (χ1v) is 10.7. The highest BCUT2D eigenvalue weighted by Crippen LogP contribution is 2.40. The van der Waals surface area contributed by atoms with Crippen LogP contribution >= 0.6 is 11.3 Å². The molecule has 1 atom stereocenters. The minimum absolute atomic E-state index is 0.757. The molecule has 5 rings (SSSR count). The van der Waals surface area contributed by atoms with Crippen LogP contribution in [0.5, 0.6) is 0 Å². The molecular weight excluding hydrogens is 354 g/mol. The molecule has 1 aliphatic carbocycles. The lowest BCUT2D eigenvalue weighted by molar-refractivity contribution is 0.508. The maximum Gasteiger partial charge on any atom is 0.141 e. The molecule has 0 bridgehead atoms. The second kappa shape index (κ2) is 6.75. The van der Waals surface area contributed by atoms with Crippen LogP contribution in [0.3, 0.4) is 0 Å². The van der Waals surface area contributed by atoms with Crippen LogP contribution in [0.2, 0.25) is 0 Å². The Morgan fingerprint density at radius 2 is 1.89 bits per heavy atom. The SMILES string of the molecule is Cc1ccnc(N2CCN(c3ncnc4sc5c(c34)CC(C)CC5)CC2)c1. The van der Waals surface area contributed by atoms with Crippen LogP contribution in [-0.4, -0.2) is 41.1 Å². The summed E-state index contributed by atoms with van der Waals surface area (Å²) in [6.45, 7) is 8.39. The number of aryl methyl sites for hydroxylation is 2. The van der Waals surface area contributed by atoms with Crippen LogP contribution in [0, 0.1) is 12.8 Å². The monoisotopic (exact) mass is 379 g/mol. The quantitative estimate of drug-likeness (QED) is 0.677. The Labute approximate surface area is 164 Å². The summed E-state index contributed by atoms with van der Waals surface area (Å²) in [6, 6.07) is 4.23. The highest BCUT2D eigenvalue weighted by atomic mass is 32.1. The van der Waals surface area contributed by atoms with Crippen LogP contribution in [0.25, 0.3) is 10.2 Å². The van der Waals surface area contributed by atoms with Gasteiger partial charge in [0.15, 0.2) is 0 Å². The van der Waals surface area contributed by atoms with E-state index >= 15 is 0 Å². The minimum Gasteiger partial charge on any atom is -0.353 e. The van der Waals surface area contributed by atoms with Crippen molar-refractivity contribution in [3.8, 4) is 0 Å². The molecule has 0 amide bonds. The third-order valence-corrected chi connectivity index (χ3v) is 7.07. The number of rotatable bonds is 2. The van der Waals surface area contributed by atoms with Gasteiger partial charge in [0, 0.05) is 37.3 Å². The third kappa shape index (κ3) is 3.06. The van der Waals surface area contributed by atoms with Gasteiger partial charge in [-0.3, -0.25) is 0 Å². The number of piperazine rings is 1. The Kier molecular flexibility index (Phi) is 4.23. The zero-order valence-electron chi connectivity index (χ0n) is 16.0. The van der Waals surface area contributed by atoms with E-state index in [0.29, 0.717) is 0 Å². The summed E-state index contributed by atoms with van der Waals surface area (Å²) in [5, 5.41) is 1.33. The number of aromatic nitrogens is 3. The molecule has 3 aromatic rings. The molecule has 140 valence electrons. The molecule has 4 heterocycles. The van der Waals surface area contributed by atoms with Crippen LogP contribution in [0.4, 0.5) is 11.6 Å². The fraction of sp³-hybridized carbons (Fsp3) is 0.476.